The van der Waals surface area contributed by atoms with E-state index >= 15 is 0 Å². The third kappa shape index (κ3) is 3.02. The molecule has 3 rings (SSSR count). The van der Waals surface area contributed by atoms with Crippen molar-refractivity contribution in [3.05, 3.63) is 33.8 Å². The van der Waals surface area contributed by atoms with Crippen LogP contribution in [-0.4, -0.2) is 6.54 Å². The Kier molecular flexibility index (Phi) is 4.13. The van der Waals surface area contributed by atoms with Gasteiger partial charge in [0, 0.05) is 21.9 Å². The molecule has 1 nitrogen and oxygen atoms in total. The predicted molar refractivity (Wildman–Crippen MR) is 81.3 cm³/mol. The molecule has 1 aliphatic carbocycles. The van der Waals surface area contributed by atoms with Gasteiger partial charge in [0.2, 0.25) is 0 Å². The second-order valence-corrected chi connectivity index (χ2v) is 7.00. The van der Waals surface area contributed by atoms with Gasteiger partial charge in [0.1, 0.15) is 0 Å². The molecule has 96 valence electrons. The molecule has 1 saturated carbocycles. The minimum absolute atomic E-state index is 0.932. The molecule has 1 fully saturated rings. The molecule has 1 aliphatic rings. The van der Waals surface area contributed by atoms with Gasteiger partial charge in [-0.3, -0.25) is 0 Å². The fraction of sp³-hybridized carbons (Fsp3) is 0.467. The summed E-state index contributed by atoms with van der Waals surface area (Å²) in [6, 6.07) is 6.65. The summed E-state index contributed by atoms with van der Waals surface area (Å²) in [5, 5.41) is 8.04. The predicted octanol–water partition coefficient (Wildman–Crippen LogP) is 4.76. The summed E-state index contributed by atoms with van der Waals surface area (Å²) in [5.74, 6) is 0.932. The minimum Gasteiger partial charge on any atom is -0.312 e. The molecule has 0 bridgehead atoms. The Balaban J connectivity index is 1.51. The highest BCUT2D eigenvalue weighted by molar-refractivity contribution is 7.14. The summed E-state index contributed by atoms with van der Waals surface area (Å²) in [4.78, 5) is 2.84. The van der Waals surface area contributed by atoms with E-state index in [1.165, 1.54) is 47.5 Å². The van der Waals surface area contributed by atoms with Crippen molar-refractivity contribution >= 4 is 22.7 Å². The van der Waals surface area contributed by atoms with Crippen LogP contribution >= 0.6 is 22.7 Å². The van der Waals surface area contributed by atoms with Crippen molar-refractivity contribution < 1.29 is 0 Å². The van der Waals surface area contributed by atoms with E-state index in [0.29, 0.717) is 0 Å². The third-order valence-electron chi connectivity index (χ3n) is 3.67. The van der Waals surface area contributed by atoms with Gasteiger partial charge < -0.3 is 5.32 Å². The van der Waals surface area contributed by atoms with Crippen LogP contribution in [0.3, 0.4) is 0 Å². The van der Waals surface area contributed by atoms with Crippen LogP contribution < -0.4 is 5.32 Å². The van der Waals surface area contributed by atoms with E-state index in [1.54, 1.807) is 0 Å². The highest BCUT2D eigenvalue weighted by Crippen LogP contribution is 2.29. The summed E-state index contributed by atoms with van der Waals surface area (Å²) >= 11 is 3.69. The van der Waals surface area contributed by atoms with E-state index in [1.807, 2.05) is 22.7 Å². The Morgan fingerprint density at radius 2 is 2.11 bits per heavy atom. The van der Waals surface area contributed by atoms with Crippen molar-refractivity contribution in [2.24, 2.45) is 5.92 Å². The summed E-state index contributed by atoms with van der Waals surface area (Å²) in [7, 11) is 0. The number of thiophene rings is 2. The molecule has 0 amide bonds. The van der Waals surface area contributed by atoms with Gasteiger partial charge in [-0.1, -0.05) is 18.9 Å². The molecule has 0 unspecified atom stereocenters. The molecule has 2 aromatic rings. The van der Waals surface area contributed by atoms with Gasteiger partial charge in [-0.15, -0.1) is 22.7 Å². The molecule has 0 spiro atoms. The molecule has 0 aromatic carbocycles. The van der Waals surface area contributed by atoms with Gasteiger partial charge in [-0.2, -0.15) is 0 Å². The maximum atomic E-state index is 3.62. The summed E-state index contributed by atoms with van der Waals surface area (Å²) in [5.41, 5.74) is 1.38. The van der Waals surface area contributed by atoms with Gasteiger partial charge in [-0.05, 0) is 48.2 Å². The van der Waals surface area contributed by atoms with E-state index in [9.17, 15) is 0 Å². The van der Waals surface area contributed by atoms with Gasteiger partial charge in [0.05, 0.1) is 0 Å². The van der Waals surface area contributed by atoms with Crippen molar-refractivity contribution in [1.82, 2.24) is 5.32 Å². The van der Waals surface area contributed by atoms with Crippen molar-refractivity contribution in [3.63, 3.8) is 0 Å². The largest absolute Gasteiger partial charge is 0.312 e. The van der Waals surface area contributed by atoms with Crippen LogP contribution in [0.4, 0.5) is 0 Å². The molecule has 2 aromatic heterocycles. The topological polar surface area (TPSA) is 12.0 Å². The second kappa shape index (κ2) is 6.00. The van der Waals surface area contributed by atoms with E-state index < -0.39 is 0 Å². The summed E-state index contributed by atoms with van der Waals surface area (Å²) in [6.07, 6.45) is 5.73. The van der Waals surface area contributed by atoms with E-state index in [2.05, 4.69) is 34.3 Å². The number of hydrogen-bond donors (Lipinski definition) is 1. The summed E-state index contributed by atoms with van der Waals surface area (Å²) < 4.78 is 0. The van der Waals surface area contributed by atoms with E-state index in [0.717, 1.165) is 12.5 Å². The lowest BCUT2D eigenvalue weighted by Crippen LogP contribution is -2.20. The lowest BCUT2D eigenvalue weighted by molar-refractivity contribution is 0.491. The molecule has 0 atom stereocenters. The van der Waals surface area contributed by atoms with Crippen molar-refractivity contribution in [1.29, 1.82) is 0 Å². The Morgan fingerprint density at radius 1 is 1.22 bits per heavy atom. The van der Waals surface area contributed by atoms with Crippen LogP contribution in [0.5, 0.6) is 0 Å². The summed E-state index contributed by atoms with van der Waals surface area (Å²) in [6.45, 7) is 2.23. The average molecular weight is 277 g/mol. The van der Waals surface area contributed by atoms with E-state index in [-0.39, 0.29) is 0 Å². The highest BCUT2D eigenvalue weighted by Gasteiger charge is 2.14. The monoisotopic (exact) mass is 277 g/mol. The molecule has 2 heterocycles. The highest BCUT2D eigenvalue weighted by atomic mass is 32.1. The SMILES string of the molecule is c1csc(-c2csc(CNCC3CCCC3)c2)c1. The molecular formula is C15H19NS2. The maximum Gasteiger partial charge on any atom is 0.0351 e. The van der Waals surface area contributed by atoms with Crippen LogP contribution in [0.15, 0.2) is 29.0 Å². The van der Waals surface area contributed by atoms with Crippen LogP contribution in [0.1, 0.15) is 30.6 Å². The molecule has 0 saturated heterocycles. The normalized spacial score (nSPS) is 16.4. The van der Waals surface area contributed by atoms with Crippen molar-refractivity contribution in [2.45, 2.75) is 32.2 Å². The Bertz CT molecular complexity index is 466. The average Bonchev–Trinajstić information content (AvgIpc) is 3.12. The lowest BCUT2D eigenvalue weighted by Gasteiger charge is -2.09. The van der Waals surface area contributed by atoms with E-state index in [4.69, 9.17) is 0 Å². The lowest BCUT2D eigenvalue weighted by atomic mass is 10.1. The second-order valence-electron chi connectivity index (χ2n) is 5.06. The Morgan fingerprint density at radius 3 is 2.89 bits per heavy atom. The first-order valence-electron chi connectivity index (χ1n) is 6.74. The first-order chi connectivity index (χ1) is 8.92. The van der Waals surface area contributed by atoms with Crippen LogP contribution in [0, 0.1) is 5.92 Å². The van der Waals surface area contributed by atoms with Gasteiger partial charge in [-0.25, -0.2) is 0 Å². The maximum absolute atomic E-state index is 3.62. The smallest absolute Gasteiger partial charge is 0.0351 e. The van der Waals surface area contributed by atoms with Crippen LogP contribution in [-0.2, 0) is 6.54 Å². The minimum atomic E-state index is 0.932. The molecule has 0 radical (unpaired) electrons. The standard InChI is InChI=1S/C15H19NS2/c1-2-5-12(4-1)9-16-10-14-8-13(11-18-14)15-6-3-7-17-15/h3,6-8,11-12,16H,1-2,4-5,9-10H2. The molecule has 0 aliphatic heterocycles. The Labute approximate surface area is 117 Å². The van der Waals surface area contributed by atoms with Crippen molar-refractivity contribution in [3.8, 4) is 10.4 Å². The van der Waals surface area contributed by atoms with Crippen molar-refractivity contribution in [2.75, 3.05) is 6.54 Å². The first kappa shape index (κ1) is 12.4. The van der Waals surface area contributed by atoms with Gasteiger partial charge in [0.25, 0.3) is 0 Å². The molecule has 18 heavy (non-hydrogen) atoms. The Hall–Kier alpha value is -0.640. The zero-order valence-corrected chi connectivity index (χ0v) is 12.2. The fourth-order valence-corrected chi connectivity index (χ4v) is 4.30. The molecule has 3 heteroatoms. The third-order valence-corrected chi connectivity index (χ3v) is 5.52. The number of nitrogens with one attached hydrogen (secondary N) is 1. The zero-order valence-electron chi connectivity index (χ0n) is 10.5. The quantitative estimate of drug-likeness (QED) is 0.831. The van der Waals surface area contributed by atoms with Crippen LogP contribution in [0.25, 0.3) is 10.4 Å². The number of rotatable bonds is 5. The number of hydrogen-bond acceptors (Lipinski definition) is 3. The fourth-order valence-electron chi connectivity index (χ4n) is 2.66. The van der Waals surface area contributed by atoms with Gasteiger partial charge in [0.15, 0.2) is 0 Å². The first-order valence-corrected chi connectivity index (χ1v) is 8.50. The molecule has 1 N–H and O–H groups in total. The molecular weight excluding hydrogens is 258 g/mol. The van der Waals surface area contributed by atoms with Gasteiger partial charge >= 0.3 is 0 Å². The van der Waals surface area contributed by atoms with Crippen LogP contribution in [0.2, 0.25) is 0 Å². The zero-order chi connectivity index (χ0) is 12.2.